The Morgan fingerprint density at radius 1 is 1.79 bits per heavy atom. The molecular weight excluding hydrogens is 254 g/mol. The second-order valence-electron chi connectivity index (χ2n) is 2.78. The molecule has 0 aromatic heterocycles. The third kappa shape index (κ3) is 2.55. The van der Waals surface area contributed by atoms with Crippen LogP contribution in [0.25, 0.3) is 0 Å². The Bertz CT molecular complexity index is 289. The van der Waals surface area contributed by atoms with Crippen molar-refractivity contribution in [1.82, 2.24) is 0 Å². The van der Waals surface area contributed by atoms with Gasteiger partial charge in [-0.2, -0.15) is 0 Å². The summed E-state index contributed by atoms with van der Waals surface area (Å²) in [5, 5.41) is 10.7. The summed E-state index contributed by atoms with van der Waals surface area (Å²) in [5.41, 5.74) is 0. The third-order valence-electron chi connectivity index (χ3n) is 1.70. The SMILES string of the molecule is COCOC1=CC(Br)([N+](=O)[O-])CC=C1. The zero-order chi connectivity index (χ0) is 10.6. The molecule has 78 valence electrons. The standard InChI is InChI=1S/C8H10BrNO4/c1-13-6-14-7-3-2-4-8(9,5-7)10(11)12/h2-3,5H,4,6H2,1H3. The quantitative estimate of drug-likeness (QED) is 0.255. The molecule has 0 saturated heterocycles. The Labute approximate surface area is 89.7 Å². The molecule has 0 aromatic carbocycles. The van der Waals surface area contributed by atoms with Gasteiger partial charge in [-0.25, -0.2) is 0 Å². The topological polar surface area (TPSA) is 61.6 Å². The van der Waals surface area contributed by atoms with E-state index in [1.165, 1.54) is 13.2 Å². The van der Waals surface area contributed by atoms with Crippen LogP contribution in [0.15, 0.2) is 24.0 Å². The van der Waals surface area contributed by atoms with Gasteiger partial charge in [-0.1, -0.05) is 6.08 Å². The fraction of sp³-hybridized carbons (Fsp3) is 0.500. The summed E-state index contributed by atoms with van der Waals surface area (Å²) in [6.45, 7) is 0.0803. The first-order valence-corrected chi connectivity index (χ1v) is 4.72. The third-order valence-corrected chi connectivity index (χ3v) is 2.54. The molecule has 1 aliphatic rings. The van der Waals surface area contributed by atoms with Gasteiger partial charge in [-0.3, -0.25) is 10.1 Å². The van der Waals surface area contributed by atoms with Gasteiger partial charge in [-0.05, 0) is 6.08 Å². The van der Waals surface area contributed by atoms with Gasteiger partial charge < -0.3 is 9.47 Å². The van der Waals surface area contributed by atoms with Crippen LogP contribution < -0.4 is 0 Å². The van der Waals surface area contributed by atoms with E-state index in [1.54, 1.807) is 12.2 Å². The summed E-state index contributed by atoms with van der Waals surface area (Å²) in [6, 6.07) is 0. The molecule has 0 N–H and O–H groups in total. The van der Waals surface area contributed by atoms with Gasteiger partial charge in [0.05, 0.1) is 6.42 Å². The molecule has 1 rings (SSSR count). The summed E-state index contributed by atoms with van der Waals surface area (Å²) >= 11 is 3.05. The minimum Gasteiger partial charge on any atom is -0.468 e. The van der Waals surface area contributed by atoms with Crippen molar-refractivity contribution in [1.29, 1.82) is 0 Å². The molecule has 6 heteroatoms. The summed E-state index contributed by atoms with van der Waals surface area (Å²) in [7, 11) is 1.49. The van der Waals surface area contributed by atoms with Crippen molar-refractivity contribution in [2.45, 2.75) is 10.9 Å². The van der Waals surface area contributed by atoms with E-state index in [9.17, 15) is 10.1 Å². The van der Waals surface area contributed by atoms with E-state index in [0.29, 0.717) is 12.2 Å². The maximum atomic E-state index is 10.7. The first-order chi connectivity index (χ1) is 6.58. The molecule has 0 saturated carbocycles. The number of hydrogen-bond acceptors (Lipinski definition) is 4. The Morgan fingerprint density at radius 2 is 2.50 bits per heavy atom. The Kier molecular flexibility index (Phi) is 3.65. The van der Waals surface area contributed by atoms with Crippen LogP contribution >= 0.6 is 15.9 Å². The maximum absolute atomic E-state index is 10.7. The van der Waals surface area contributed by atoms with Crippen LogP contribution in [-0.2, 0) is 9.47 Å². The van der Waals surface area contributed by atoms with Crippen molar-refractivity contribution in [3.8, 4) is 0 Å². The van der Waals surface area contributed by atoms with Crippen molar-refractivity contribution >= 4 is 15.9 Å². The molecular formula is C8H10BrNO4. The number of allylic oxidation sites excluding steroid dienone is 1. The zero-order valence-electron chi connectivity index (χ0n) is 7.60. The van der Waals surface area contributed by atoms with Gasteiger partial charge in [0.2, 0.25) is 0 Å². The van der Waals surface area contributed by atoms with Crippen LogP contribution in [0.1, 0.15) is 6.42 Å². The smallest absolute Gasteiger partial charge is 0.300 e. The molecule has 5 nitrogen and oxygen atoms in total. The number of ether oxygens (including phenoxy) is 2. The van der Waals surface area contributed by atoms with E-state index >= 15 is 0 Å². The van der Waals surface area contributed by atoms with E-state index < -0.39 is 9.37 Å². The molecule has 0 aromatic rings. The molecule has 0 bridgehead atoms. The minimum atomic E-state index is -1.25. The second kappa shape index (κ2) is 4.56. The largest absolute Gasteiger partial charge is 0.468 e. The Morgan fingerprint density at radius 3 is 3.07 bits per heavy atom. The van der Waals surface area contributed by atoms with E-state index in [4.69, 9.17) is 9.47 Å². The van der Waals surface area contributed by atoms with Gasteiger partial charge in [0.15, 0.2) is 6.79 Å². The maximum Gasteiger partial charge on any atom is 0.300 e. The van der Waals surface area contributed by atoms with Crippen LogP contribution in [0, 0.1) is 10.1 Å². The van der Waals surface area contributed by atoms with Crippen LogP contribution in [0.2, 0.25) is 0 Å². The average molecular weight is 264 g/mol. The van der Waals surface area contributed by atoms with Gasteiger partial charge in [0, 0.05) is 34.0 Å². The van der Waals surface area contributed by atoms with Crippen LogP contribution in [0.4, 0.5) is 0 Å². The molecule has 0 aliphatic heterocycles. The van der Waals surface area contributed by atoms with E-state index in [2.05, 4.69) is 15.9 Å². The summed E-state index contributed by atoms with van der Waals surface area (Å²) in [4.78, 5) is 10.3. The second-order valence-corrected chi connectivity index (χ2v) is 4.15. The minimum absolute atomic E-state index is 0.0803. The number of methoxy groups -OCH3 is 1. The summed E-state index contributed by atoms with van der Waals surface area (Å²) in [5.74, 6) is 0.437. The van der Waals surface area contributed by atoms with E-state index in [1.807, 2.05) is 0 Å². The molecule has 1 aliphatic carbocycles. The zero-order valence-corrected chi connectivity index (χ0v) is 9.19. The van der Waals surface area contributed by atoms with Gasteiger partial charge in [0.25, 0.3) is 4.45 Å². The lowest BCUT2D eigenvalue weighted by Crippen LogP contribution is -2.30. The average Bonchev–Trinajstić information content (AvgIpc) is 2.15. The van der Waals surface area contributed by atoms with Crippen LogP contribution in [0.3, 0.4) is 0 Å². The predicted molar refractivity (Wildman–Crippen MR) is 53.5 cm³/mol. The predicted octanol–water partition coefficient (Wildman–Crippen LogP) is 1.82. The van der Waals surface area contributed by atoms with Crippen molar-refractivity contribution in [2.24, 2.45) is 0 Å². The summed E-state index contributed by atoms with van der Waals surface area (Å²) < 4.78 is 8.54. The summed E-state index contributed by atoms with van der Waals surface area (Å²) in [6.07, 6.45) is 5.09. The van der Waals surface area contributed by atoms with Gasteiger partial charge in [0.1, 0.15) is 5.76 Å². The number of rotatable bonds is 4. The van der Waals surface area contributed by atoms with Crippen molar-refractivity contribution in [3.05, 3.63) is 34.1 Å². The monoisotopic (exact) mass is 263 g/mol. The van der Waals surface area contributed by atoms with Crippen LogP contribution in [0.5, 0.6) is 0 Å². The normalized spacial score (nSPS) is 25.7. The van der Waals surface area contributed by atoms with Crippen LogP contribution in [-0.4, -0.2) is 23.3 Å². The highest BCUT2D eigenvalue weighted by Gasteiger charge is 2.38. The number of nitrogens with zero attached hydrogens (tertiary/aromatic N) is 1. The Hall–Kier alpha value is -0.880. The molecule has 14 heavy (non-hydrogen) atoms. The van der Waals surface area contributed by atoms with Gasteiger partial charge in [-0.15, -0.1) is 0 Å². The highest BCUT2D eigenvalue weighted by Crippen LogP contribution is 2.30. The lowest BCUT2D eigenvalue weighted by Gasteiger charge is -2.18. The fourth-order valence-corrected chi connectivity index (χ4v) is 1.42. The first kappa shape index (κ1) is 11.2. The highest BCUT2D eigenvalue weighted by molar-refractivity contribution is 9.10. The fourth-order valence-electron chi connectivity index (χ4n) is 1.01. The Balaban J connectivity index is 2.72. The van der Waals surface area contributed by atoms with Crippen molar-refractivity contribution in [3.63, 3.8) is 0 Å². The molecule has 1 unspecified atom stereocenters. The molecule has 1 atom stereocenters. The number of halogens is 1. The number of nitro groups is 1. The van der Waals surface area contributed by atoms with Gasteiger partial charge >= 0.3 is 0 Å². The van der Waals surface area contributed by atoms with E-state index in [0.717, 1.165) is 0 Å². The lowest BCUT2D eigenvalue weighted by molar-refractivity contribution is -0.521. The molecule has 0 radical (unpaired) electrons. The lowest BCUT2D eigenvalue weighted by atomic mass is 10.1. The molecule has 0 amide bonds. The molecule has 0 heterocycles. The van der Waals surface area contributed by atoms with Crippen molar-refractivity contribution < 1.29 is 14.4 Å². The number of hydrogen-bond donors (Lipinski definition) is 0. The number of alkyl halides is 1. The molecule has 0 spiro atoms. The molecule has 0 fully saturated rings. The van der Waals surface area contributed by atoms with E-state index in [-0.39, 0.29) is 6.79 Å². The highest BCUT2D eigenvalue weighted by atomic mass is 79.9. The first-order valence-electron chi connectivity index (χ1n) is 3.93. The van der Waals surface area contributed by atoms with Crippen molar-refractivity contribution in [2.75, 3.05) is 13.9 Å².